The van der Waals surface area contributed by atoms with Crippen molar-refractivity contribution in [3.8, 4) is 0 Å². The predicted octanol–water partition coefficient (Wildman–Crippen LogP) is 2.72. The summed E-state index contributed by atoms with van der Waals surface area (Å²) in [6.07, 6.45) is 6.64. The minimum absolute atomic E-state index is 0.649. The molecule has 0 amide bonds. The molecule has 0 nitrogen and oxygen atoms in total. The van der Waals surface area contributed by atoms with Gasteiger partial charge in [-0.1, -0.05) is 0 Å². The summed E-state index contributed by atoms with van der Waals surface area (Å²) < 4.78 is 1.52. The second-order valence-corrected chi connectivity index (χ2v) is 4.86. The van der Waals surface area contributed by atoms with Gasteiger partial charge in [-0.2, -0.15) is 0 Å². The van der Waals surface area contributed by atoms with Crippen LogP contribution in [0.4, 0.5) is 0 Å². The van der Waals surface area contributed by atoms with Crippen LogP contribution in [-0.4, -0.2) is 15.0 Å². The van der Waals surface area contributed by atoms with Crippen molar-refractivity contribution in [1.29, 1.82) is 0 Å². The first kappa shape index (κ1) is 7.85. The summed E-state index contributed by atoms with van der Waals surface area (Å²) >= 11 is 0.649. The molecule has 12 heavy (non-hydrogen) atoms. The molecule has 1 aliphatic heterocycles. The van der Waals surface area contributed by atoms with Gasteiger partial charge in [-0.3, -0.25) is 0 Å². The Morgan fingerprint density at radius 2 is 1.92 bits per heavy atom. The van der Waals surface area contributed by atoms with Gasteiger partial charge in [-0.25, -0.2) is 0 Å². The van der Waals surface area contributed by atoms with Crippen LogP contribution in [0.5, 0.6) is 0 Å². The summed E-state index contributed by atoms with van der Waals surface area (Å²) in [4.78, 5) is 0. The summed E-state index contributed by atoms with van der Waals surface area (Å²) in [7, 11) is 0. The molecule has 1 aromatic carbocycles. The van der Waals surface area contributed by atoms with E-state index in [1.54, 1.807) is 0 Å². The Morgan fingerprint density at radius 3 is 2.58 bits per heavy atom. The van der Waals surface area contributed by atoms with Crippen molar-refractivity contribution >= 4 is 19.4 Å². The van der Waals surface area contributed by atoms with E-state index in [2.05, 4.69) is 48.6 Å². The molecule has 0 atom stereocenters. The van der Waals surface area contributed by atoms with Crippen LogP contribution >= 0.6 is 0 Å². The standard InChI is InChI=1S/C11H10Se/c1-2-6-10(7-3-1)11-8-4-5-9-12-11/h1-8H,9H2. The first-order valence-corrected chi connectivity index (χ1v) is 6.08. The van der Waals surface area contributed by atoms with Crippen LogP contribution < -0.4 is 0 Å². The average Bonchev–Trinajstić information content (AvgIpc) is 2.21. The molecule has 0 spiro atoms. The summed E-state index contributed by atoms with van der Waals surface area (Å²) in [5.74, 6) is 0. The second-order valence-electron chi connectivity index (χ2n) is 2.64. The van der Waals surface area contributed by atoms with Gasteiger partial charge in [0, 0.05) is 0 Å². The third kappa shape index (κ3) is 1.69. The van der Waals surface area contributed by atoms with Crippen LogP contribution in [0, 0.1) is 0 Å². The summed E-state index contributed by atoms with van der Waals surface area (Å²) in [5.41, 5.74) is 1.39. The zero-order valence-corrected chi connectivity index (χ0v) is 8.45. The Kier molecular flexibility index (Phi) is 2.45. The second kappa shape index (κ2) is 3.75. The zero-order chi connectivity index (χ0) is 8.23. The van der Waals surface area contributed by atoms with Crippen molar-refractivity contribution in [3.05, 3.63) is 54.1 Å². The van der Waals surface area contributed by atoms with E-state index >= 15 is 0 Å². The van der Waals surface area contributed by atoms with Crippen molar-refractivity contribution in [2.45, 2.75) is 5.32 Å². The molecule has 1 heteroatoms. The van der Waals surface area contributed by atoms with Crippen molar-refractivity contribution in [2.24, 2.45) is 0 Å². The molecule has 0 aliphatic carbocycles. The van der Waals surface area contributed by atoms with Crippen LogP contribution in [-0.2, 0) is 0 Å². The van der Waals surface area contributed by atoms with E-state index in [0.29, 0.717) is 15.0 Å². The molecule has 0 radical (unpaired) electrons. The molecule has 0 saturated heterocycles. The van der Waals surface area contributed by atoms with E-state index in [-0.39, 0.29) is 0 Å². The number of hydrogen-bond donors (Lipinski definition) is 0. The van der Waals surface area contributed by atoms with Gasteiger partial charge in [0.2, 0.25) is 0 Å². The van der Waals surface area contributed by atoms with E-state index < -0.39 is 0 Å². The van der Waals surface area contributed by atoms with Gasteiger partial charge < -0.3 is 0 Å². The van der Waals surface area contributed by atoms with Crippen LogP contribution in [0.25, 0.3) is 4.47 Å². The maximum absolute atomic E-state index is 2.24. The monoisotopic (exact) mass is 222 g/mol. The number of benzene rings is 1. The van der Waals surface area contributed by atoms with E-state index in [4.69, 9.17) is 0 Å². The molecular formula is C11H10Se. The van der Waals surface area contributed by atoms with E-state index in [9.17, 15) is 0 Å². The molecule has 0 N–H and O–H groups in total. The van der Waals surface area contributed by atoms with Crippen molar-refractivity contribution in [2.75, 3.05) is 0 Å². The van der Waals surface area contributed by atoms with Crippen molar-refractivity contribution < 1.29 is 0 Å². The van der Waals surface area contributed by atoms with Crippen molar-refractivity contribution in [1.82, 2.24) is 0 Å². The van der Waals surface area contributed by atoms with E-state index in [0.717, 1.165) is 0 Å². The fourth-order valence-electron chi connectivity index (χ4n) is 1.18. The van der Waals surface area contributed by atoms with Crippen molar-refractivity contribution in [3.63, 3.8) is 0 Å². The molecule has 1 heterocycles. The fourth-order valence-corrected chi connectivity index (χ4v) is 2.99. The van der Waals surface area contributed by atoms with Crippen LogP contribution in [0.3, 0.4) is 0 Å². The summed E-state index contributed by atoms with van der Waals surface area (Å²) in [5, 5.41) is 1.24. The van der Waals surface area contributed by atoms with Gasteiger partial charge in [-0.05, 0) is 0 Å². The van der Waals surface area contributed by atoms with Gasteiger partial charge in [0.1, 0.15) is 0 Å². The van der Waals surface area contributed by atoms with Gasteiger partial charge in [0.15, 0.2) is 0 Å². The topological polar surface area (TPSA) is 0 Å². The molecule has 0 unspecified atom stereocenters. The molecule has 1 aliphatic rings. The van der Waals surface area contributed by atoms with Gasteiger partial charge in [0.25, 0.3) is 0 Å². The SMILES string of the molecule is C1=CC[Se]C(c2ccccc2)=C1. The quantitative estimate of drug-likeness (QED) is 0.639. The number of allylic oxidation sites excluding steroid dienone is 3. The van der Waals surface area contributed by atoms with Crippen LogP contribution in [0.1, 0.15) is 5.56 Å². The summed E-state index contributed by atoms with van der Waals surface area (Å²) in [6.45, 7) is 0. The number of hydrogen-bond acceptors (Lipinski definition) is 0. The van der Waals surface area contributed by atoms with E-state index in [1.165, 1.54) is 15.4 Å². The Hall–Kier alpha value is -0.781. The molecule has 0 saturated carbocycles. The molecular weight excluding hydrogens is 211 g/mol. The molecule has 60 valence electrons. The average molecular weight is 221 g/mol. The first-order valence-electron chi connectivity index (χ1n) is 4.02. The maximum atomic E-state index is 2.24. The Bertz CT molecular complexity index is 309. The Balaban J connectivity index is 2.31. The Labute approximate surface area is 79.2 Å². The van der Waals surface area contributed by atoms with Gasteiger partial charge in [-0.15, -0.1) is 0 Å². The van der Waals surface area contributed by atoms with Gasteiger partial charge in [0.05, 0.1) is 0 Å². The molecule has 1 aromatic rings. The minimum atomic E-state index is 0.649. The molecule has 0 bridgehead atoms. The normalized spacial score (nSPS) is 15.8. The number of rotatable bonds is 1. The van der Waals surface area contributed by atoms with Crippen LogP contribution in [0.2, 0.25) is 5.32 Å². The summed E-state index contributed by atoms with van der Waals surface area (Å²) in [6, 6.07) is 10.6. The third-order valence-corrected chi connectivity index (χ3v) is 3.96. The van der Waals surface area contributed by atoms with Gasteiger partial charge >= 0.3 is 78.9 Å². The Morgan fingerprint density at radius 1 is 1.08 bits per heavy atom. The van der Waals surface area contributed by atoms with E-state index in [1.807, 2.05) is 0 Å². The van der Waals surface area contributed by atoms with Crippen LogP contribution in [0.15, 0.2) is 48.6 Å². The predicted molar refractivity (Wildman–Crippen MR) is 54.1 cm³/mol. The first-order chi connectivity index (χ1) is 5.97. The molecule has 0 fully saturated rings. The third-order valence-electron chi connectivity index (χ3n) is 1.78. The zero-order valence-electron chi connectivity index (χ0n) is 6.73. The molecule has 0 aromatic heterocycles. The fraction of sp³-hybridized carbons (Fsp3) is 0.0909. The molecule has 2 rings (SSSR count).